The Morgan fingerprint density at radius 3 is 2.14 bits per heavy atom. The molecule has 3 aromatic rings. The van der Waals surface area contributed by atoms with E-state index in [4.69, 9.17) is 14.2 Å². The molecule has 3 aromatic carbocycles. The minimum Gasteiger partial charge on any atom is -0.496 e. The molecule has 37 heavy (non-hydrogen) atoms. The van der Waals surface area contributed by atoms with Crippen LogP contribution >= 0.6 is 0 Å². The summed E-state index contributed by atoms with van der Waals surface area (Å²) < 4.78 is 16.5. The summed E-state index contributed by atoms with van der Waals surface area (Å²) in [6, 6.07) is 22.1. The van der Waals surface area contributed by atoms with Crippen molar-refractivity contribution in [3.05, 3.63) is 89.5 Å². The summed E-state index contributed by atoms with van der Waals surface area (Å²) in [5.74, 6) is 1.07. The molecule has 0 aromatic heterocycles. The highest BCUT2D eigenvalue weighted by Gasteiger charge is 2.30. The van der Waals surface area contributed by atoms with Crippen LogP contribution in [0.25, 0.3) is 0 Å². The van der Waals surface area contributed by atoms with Gasteiger partial charge in [-0.25, -0.2) is 0 Å². The maximum absolute atomic E-state index is 13.7. The normalized spacial score (nSPS) is 11.4. The number of methoxy groups -OCH3 is 2. The van der Waals surface area contributed by atoms with Gasteiger partial charge in [-0.2, -0.15) is 0 Å². The van der Waals surface area contributed by atoms with Gasteiger partial charge in [0, 0.05) is 37.7 Å². The minimum absolute atomic E-state index is 0.185. The molecule has 0 saturated carbocycles. The van der Waals surface area contributed by atoms with Gasteiger partial charge in [0.2, 0.25) is 5.91 Å². The monoisotopic (exact) mass is 504 g/mol. The Morgan fingerprint density at radius 2 is 1.51 bits per heavy atom. The maximum atomic E-state index is 13.7. The first-order valence-electron chi connectivity index (χ1n) is 12.5. The Bertz CT molecular complexity index is 1140. The smallest absolute Gasteiger partial charge is 0.261 e. The highest BCUT2D eigenvalue weighted by molar-refractivity contribution is 5.88. The van der Waals surface area contributed by atoms with Gasteiger partial charge in [0.1, 0.15) is 23.3 Å². The molecule has 0 fully saturated rings. The number of carbonyl (C=O) groups is 2. The van der Waals surface area contributed by atoms with Crippen LogP contribution in [0.2, 0.25) is 0 Å². The minimum atomic E-state index is -0.703. The number of nitrogens with zero attached hydrogens (tertiary/aromatic N) is 1. The number of rotatable bonds is 13. The molecule has 0 saturated heterocycles. The quantitative estimate of drug-likeness (QED) is 0.369. The molecule has 7 heteroatoms. The number of hydrogen-bond acceptors (Lipinski definition) is 5. The summed E-state index contributed by atoms with van der Waals surface area (Å²) >= 11 is 0. The van der Waals surface area contributed by atoms with E-state index < -0.39 is 6.04 Å². The van der Waals surface area contributed by atoms with Crippen molar-refractivity contribution in [1.82, 2.24) is 10.2 Å². The molecule has 7 nitrogen and oxygen atoms in total. The van der Waals surface area contributed by atoms with Crippen molar-refractivity contribution < 1.29 is 23.8 Å². The van der Waals surface area contributed by atoms with E-state index in [9.17, 15) is 9.59 Å². The van der Waals surface area contributed by atoms with Crippen LogP contribution in [0.1, 0.15) is 30.0 Å². The Labute approximate surface area is 219 Å². The van der Waals surface area contributed by atoms with Crippen LogP contribution in [0.3, 0.4) is 0 Å². The van der Waals surface area contributed by atoms with E-state index in [-0.39, 0.29) is 25.0 Å². The van der Waals surface area contributed by atoms with E-state index in [1.807, 2.05) is 68.4 Å². The Hall–Kier alpha value is -4.00. The summed E-state index contributed by atoms with van der Waals surface area (Å²) in [4.78, 5) is 28.7. The van der Waals surface area contributed by atoms with Crippen LogP contribution in [0.5, 0.6) is 17.2 Å². The molecule has 3 rings (SSSR count). The topological polar surface area (TPSA) is 77.1 Å². The van der Waals surface area contributed by atoms with Crippen molar-refractivity contribution in [3.63, 3.8) is 0 Å². The third kappa shape index (κ3) is 8.27. The lowest BCUT2D eigenvalue weighted by Crippen LogP contribution is -2.51. The third-order valence-electron chi connectivity index (χ3n) is 5.94. The lowest BCUT2D eigenvalue weighted by atomic mass is 10.0. The number of benzene rings is 3. The summed E-state index contributed by atoms with van der Waals surface area (Å²) in [6.07, 6.45) is 1.19. The van der Waals surface area contributed by atoms with E-state index in [0.29, 0.717) is 30.2 Å². The van der Waals surface area contributed by atoms with Crippen LogP contribution in [-0.4, -0.2) is 50.1 Å². The fraction of sp³-hybridized carbons (Fsp3) is 0.333. The molecule has 0 unspecified atom stereocenters. The second-order valence-corrected chi connectivity index (χ2v) is 8.84. The first-order valence-corrected chi connectivity index (χ1v) is 12.5. The molecule has 0 aliphatic carbocycles. The van der Waals surface area contributed by atoms with E-state index in [0.717, 1.165) is 23.1 Å². The zero-order valence-corrected chi connectivity index (χ0v) is 22.0. The first-order chi connectivity index (χ1) is 17.9. The van der Waals surface area contributed by atoms with Gasteiger partial charge in [0.05, 0.1) is 14.2 Å². The van der Waals surface area contributed by atoms with Gasteiger partial charge in [-0.05, 0) is 24.5 Å². The average Bonchev–Trinajstić information content (AvgIpc) is 2.92. The van der Waals surface area contributed by atoms with Gasteiger partial charge in [0.15, 0.2) is 6.61 Å². The van der Waals surface area contributed by atoms with Gasteiger partial charge in [0.25, 0.3) is 5.91 Å². The van der Waals surface area contributed by atoms with Gasteiger partial charge in [-0.3, -0.25) is 9.59 Å². The number of hydrogen-bond donors (Lipinski definition) is 1. The summed E-state index contributed by atoms with van der Waals surface area (Å²) in [5.41, 5.74) is 3.00. The second-order valence-electron chi connectivity index (χ2n) is 8.84. The van der Waals surface area contributed by atoms with Crippen molar-refractivity contribution in [2.75, 3.05) is 27.4 Å². The van der Waals surface area contributed by atoms with Crippen molar-refractivity contribution in [2.24, 2.45) is 0 Å². The zero-order valence-electron chi connectivity index (χ0n) is 22.0. The molecule has 2 amide bonds. The predicted molar refractivity (Wildman–Crippen MR) is 144 cm³/mol. The summed E-state index contributed by atoms with van der Waals surface area (Å²) in [6.45, 7) is 4.58. The lowest BCUT2D eigenvalue weighted by molar-refractivity contribution is -0.142. The first kappa shape index (κ1) is 27.6. The highest BCUT2D eigenvalue weighted by atomic mass is 16.5. The lowest BCUT2D eigenvalue weighted by Gasteiger charge is -2.31. The number of amides is 2. The number of nitrogens with one attached hydrogen (secondary N) is 1. The van der Waals surface area contributed by atoms with Crippen molar-refractivity contribution in [1.29, 1.82) is 0 Å². The molecule has 1 atom stereocenters. The standard InChI is InChI=1S/C30H36N2O5/c1-5-14-31-30(34)28(16-23-11-7-6-8-12-23)32(20-24-13-9-10-22(2)15-24)29(33)21-37-27-18-25(35-3)17-26(19-27)36-4/h6-13,15,17-19,28H,5,14,16,20-21H2,1-4H3,(H,31,34)/t28-/m0/s1. The molecular formula is C30H36N2O5. The zero-order chi connectivity index (χ0) is 26.6. The number of ether oxygens (including phenoxy) is 3. The van der Waals surface area contributed by atoms with Gasteiger partial charge in [-0.1, -0.05) is 67.1 Å². The SMILES string of the molecule is CCCNC(=O)[C@H](Cc1ccccc1)N(Cc1cccc(C)c1)C(=O)COc1cc(OC)cc(OC)c1. The molecule has 0 spiro atoms. The van der Waals surface area contributed by atoms with Gasteiger partial charge < -0.3 is 24.4 Å². The van der Waals surface area contributed by atoms with E-state index >= 15 is 0 Å². The maximum Gasteiger partial charge on any atom is 0.261 e. The van der Waals surface area contributed by atoms with Crippen LogP contribution < -0.4 is 19.5 Å². The number of aryl methyl sites for hydroxylation is 1. The van der Waals surface area contributed by atoms with Crippen LogP contribution in [0.4, 0.5) is 0 Å². The van der Waals surface area contributed by atoms with E-state index in [1.165, 1.54) is 0 Å². The highest BCUT2D eigenvalue weighted by Crippen LogP contribution is 2.27. The van der Waals surface area contributed by atoms with Crippen molar-refractivity contribution in [3.8, 4) is 17.2 Å². The average molecular weight is 505 g/mol. The molecule has 0 aliphatic heterocycles. The van der Waals surface area contributed by atoms with Gasteiger partial charge >= 0.3 is 0 Å². The second kappa shape index (κ2) is 13.9. The predicted octanol–water partition coefficient (Wildman–Crippen LogP) is 4.56. The van der Waals surface area contributed by atoms with Gasteiger partial charge in [-0.15, -0.1) is 0 Å². The molecular weight excluding hydrogens is 468 g/mol. The molecule has 0 heterocycles. The van der Waals surface area contributed by atoms with Crippen LogP contribution in [0, 0.1) is 6.92 Å². The van der Waals surface area contributed by atoms with E-state index in [1.54, 1.807) is 37.3 Å². The molecule has 1 N–H and O–H groups in total. The van der Waals surface area contributed by atoms with Crippen LogP contribution in [-0.2, 0) is 22.6 Å². The van der Waals surface area contributed by atoms with E-state index in [2.05, 4.69) is 5.32 Å². The fourth-order valence-electron chi connectivity index (χ4n) is 4.02. The van der Waals surface area contributed by atoms with Crippen LogP contribution in [0.15, 0.2) is 72.8 Å². The van der Waals surface area contributed by atoms with Crippen molar-refractivity contribution in [2.45, 2.75) is 39.3 Å². The fourth-order valence-corrected chi connectivity index (χ4v) is 4.02. The third-order valence-corrected chi connectivity index (χ3v) is 5.94. The molecule has 0 aliphatic rings. The Balaban J connectivity index is 1.90. The largest absolute Gasteiger partial charge is 0.496 e. The Morgan fingerprint density at radius 1 is 0.865 bits per heavy atom. The molecule has 0 radical (unpaired) electrons. The van der Waals surface area contributed by atoms with Crippen molar-refractivity contribution >= 4 is 11.8 Å². The summed E-state index contributed by atoms with van der Waals surface area (Å²) in [7, 11) is 3.10. The summed E-state index contributed by atoms with van der Waals surface area (Å²) in [5, 5.41) is 2.98. The molecule has 0 bridgehead atoms. The Kier molecular flexibility index (Phi) is 10.4. The number of carbonyl (C=O) groups excluding carboxylic acids is 2. The molecule has 196 valence electrons.